The zero-order chi connectivity index (χ0) is 25.3. The van der Waals surface area contributed by atoms with Crippen LogP contribution >= 0.6 is 0 Å². The molecule has 0 saturated carbocycles. The molecular weight excluding hydrogens is 438 g/mol. The van der Waals surface area contributed by atoms with Gasteiger partial charge in [0.25, 0.3) is 0 Å². The summed E-state index contributed by atoms with van der Waals surface area (Å²) in [7, 11) is 0. The first-order valence-electron chi connectivity index (χ1n) is 12.0. The predicted molar refractivity (Wildman–Crippen MR) is 138 cm³/mol. The smallest absolute Gasteiger partial charge is 0.192 e. The number of dihydropyridines is 1. The molecule has 0 aliphatic carbocycles. The molecule has 1 atom stereocenters. The van der Waals surface area contributed by atoms with E-state index in [0.29, 0.717) is 57.0 Å². The van der Waals surface area contributed by atoms with E-state index < -0.39 is 5.92 Å². The number of hydrogen-bond acceptors (Lipinski definition) is 5. The minimum absolute atomic E-state index is 0.00781. The Labute approximate surface area is 205 Å². The van der Waals surface area contributed by atoms with Crippen LogP contribution in [0.3, 0.4) is 0 Å². The van der Waals surface area contributed by atoms with Gasteiger partial charge < -0.3 is 9.73 Å². The molecule has 0 spiro atoms. The maximum atomic E-state index is 13.9. The summed E-state index contributed by atoms with van der Waals surface area (Å²) in [5.41, 5.74) is 3.91. The lowest BCUT2D eigenvalue weighted by Crippen LogP contribution is -2.31. The van der Waals surface area contributed by atoms with E-state index in [1.165, 1.54) is 6.07 Å². The summed E-state index contributed by atoms with van der Waals surface area (Å²) < 4.78 is 6.07. The number of carbonyl (C=O) groups excluding carboxylic acids is 2. The van der Waals surface area contributed by atoms with Gasteiger partial charge in [0, 0.05) is 52.1 Å². The van der Waals surface area contributed by atoms with Crippen molar-refractivity contribution in [3.63, 3.8) is 0 Å². The molecule has 5 nitrogen and oxygen atoms in total. The molecule has 1 aliphatic heterocycles. The highest BCUT2D eigenvalue weighted by molar-refractivity contribution is 6.13. The summed E-state index contributed by atoms with van der Waals surface area (Å²) in [6.07, 6.45) is 1.12. The number of carbonyl (C=O) groups is 2. The van der Waals surface area contributed by atoms with Crippen molar-refractivity contribution in [2.24, 2.45) is 5.92 Å². The van der Waals surface area contributed by atoms with Crippen molar-refractivity contribution in [3.05, 3.63) is 104 Å². The molecule has 0 bridgehead atoms. The first-order valence-corrected chi connectivity index (χ1v) is 12.0. The van der Waals surface area contributed by atoms with E-state index in [1.807, 2.05) is 38.1 Å². The number of nitrogens with one attached hydrogen (secondary N) is 1. The molecule has 2 aromatic carbocycles. The molecule has 35 heavy (non-hydrogen) atoms. The van der Waals surface area contributed by atoms with Gasteiger partial charge >= 0.3 is 0 Å². The van der Waals surface area contributed by atoms with Gasteiger partial charge in [-0.25, -0.2) is 0 Å². The molecule has 4 rings (SSSR count). The Bertz CT molecular complexity index is 1420. The van der Waals surface area contributed by atoms with Gasteiger partial charge in [-0.15, -0.1) is 0 Å². The fraction of sp³-hybridized carbons (Fsp3) is 0.300. The predicted octanol–water partition coefficient (Wildman–Crippen LogP) is 6.22. The average Bonchev–Trinajstić information content (AvgIpc) is 2.82. The Morgan fingerprint density at radius 2 is 1.63 bits per heavy atom. The molecule has 3 aromatic rings. The minimum atomic E-state index is -0.655. The van der Waals surface area contributed by atoms with Crippen molar-refractivity contribution in [1.29, 1.82) is 0 Å². The van der Waals surface area contributed by atoms with Crippen LogP contribution in [-0.4, -0.2) is 11.6 Å². The number of para-hydroxylation sites is 1. The van der Waals surface area contributed by atoms with Gasteiger partial charge in [-0.1, -0.05) is 56.3 Å². The van der Waals surface area contributed by atoms with Gasteiger partial charge in [0.2, 0.25) is 0 Å². The fourth-order valence-electron chi connectivity index (χ4n) is 4.82. The second-order valence-electron chi connectivity index (χ2n) is 9.63. The largest absolute Gasteiger partial charge is 0.461 e. The highest BCUT2D eigenvalue weighted by atomic mass is 16.3. The topological polar surface area (TPSA) is 76.4 Å². The van der Waals surface area contributed by atoms with Crippen LogP contribution in [0.15, 0.2) is 86.3 Å². The number of hydrogen-bond donors (Lipinski definition) is 1. The number of allylic oxidation sites excluding steroid dienone is 4. The van der Waals surface area contributed by atoms with E-state index in [9.17, 15) is 14.4 Å². The van der Waals surface area contributed by atoms with Gasteiger partial charge in [0.15, 0.2) is 17.0 Å². The van der Waals surface area contributed by atoms with Crippen molar-refractivity contribution in [2.45, 2.75) is 53.4 Å². The zero-order valence-corrected chi connectivity index (χ0v) is 20.9. The maximum absolute atomic E-state index is 13.9. The molecule has 5 heteroatoms. The van der Waals surface area contributed by atoms with Crippen LogP contribution in [0.4, 0.5) is 0 Å². The monoisotopic (exact) mass is 469 g/mol. The Balaban J connectivity index is 1.98. The molecule has 0 fully saturated rings. The van der Waals surface area contributed by atoms with Gasteiger partial charge in [-0.2, -0.15) is 0 Å². The zero-order valence-electron chi connectivity index (χ0n) is 20.9. The lowest BCUT2D eigenvalue weighted by atomic mass is 9.75. The summed E-state index contributed by atoms with van der Waals surface area (Å²) in [6, 6.07) is 15.9. The number of ketones is 2. The van der Waals surface area contributed by atoms with Crippen LogP contribution in [-0.2, 0) is 4.79 Å². The fourth-order valence-corrected chi connectivity index (χ4v) is 4.82. The Hall–Kier alpha value is -3.73. The number of rotatable bonds is 7. The molecular formula is C30H31NO4. The third kappa shape index (κ3) is 4.76. The maximum Gasteiger partial charge on any atom is 0.192 e. The van der Waals surface area contributed by atoms with E-state index >= 15 is 0 Å². The Morgan fingerprint density at radius 1 is 0.943 bits per heavy atom. The van der Waals surface area contributed by atoms with Crippen LogP contribution in [0.5, 0.6) is 0 Å². The molecule has 0 radical (unpaired) electrons. The number of aryl methyl sites for hydroxylation is 1. The summed E-state index contributed by atoms with van der Waals surface area (Å²) in [4.78, 5) is 40.3. The quantitative estimate of drug-likeness (QED) is 0.416. The molecule has 1 aromatic heterocycles. The first kappa shape index (κ1) is 24.4. The number of fused-ring (bicyclic) bond motifs is 1. The number of Topliss-reactive ketones (excluding diaryl/α,β-unsaturated/α-hetero) is 2. The SMILES string of the molecule is CC1=C(C(=O)CCC(C)C)C(c2cccc3c(=O)cc(C)oc23)C(C(=O)c2ccccc2)=C(C)N1. The van der Waals surface area contributed by atoms with E-state index in [0.717, 1.165) is 12.1 Å². The van der Waals surface area contributed by atoms with Crippen LogP contribution in [0.1, 0.15) is 68.1 Å². The van der Waals surface area contributed by atoms with Crippen molar-refractivity contribution >= 4 is 22.5 Å². The van der Waals surface area contributed by atoms with Gasteiger partial charge in [-0.3, -0.25) is 14.4 Å². The summed E-state index contributed by atoms with van der Waals surface area (Å²) in [5.74, 6) is 0.0304. The van der Waals surface area contributed by atoms with Crippen LogP contribution in [0.25, 0.3) is 11.0 Å². The van der Waals surface area contributed by atoms with Gasteiger partial charge in [0.05, 0.1) is 5.39 Å². The average molecular weight is 470 g/mol. The molecule has 1 aliphatic rings. The van der Waals surface area contributed by atoms with Crippen molar-refractivity contribution in [2.75, 3.05) is 0 Å². The standard InChI is InChI=1S/C30H31NO4/c1-17(2)14-15-24(32)26-19(4)31-20(5)27(29(34)21-10-7-6-8-11-21)28(26)23-13-9-12-22-25(33)16-18(3)35-30(22)23/h6-13,16-17,28,31H,14-15H2,1-5H3. The van der Waals surface area contributed by atoms with Crippen LogP contribution in [0, 0.1) is 12.8 Å². The Kier molecular flexibility index (Phi) is 6.88. The summed E-state index contributed by atoms with van der Waals surface area (Å²) in [6.45, 7) is 9.63. The van der Waals surface area contributed by atoms with Crippen molar-refractivity contribution < 1.29 is 14.0 Å². The molecule has 0 saturated heterocycles. The third-order valence-electron chi connectivity index (χ3n) is 6.51. The summed E-state index contributed by atoms with van der Waals surface area (Å²) in [5, 5.41) is 3.73. The summed E-state index contributed by atoms with van der Waals surface area (Å²) >= 11 is 0. The van der Waals surface area contributed by atoms with Crippen molar-refractivity contribution in [1.82, 2.24) is 5.32 Å². The molecule has 0 amide bonds. The van der Waals surface area contributed by atoms with E-state index in [4.69, 9.17) is 4.42 Å². The van der Waals surface area contributed by atoms with E-state index in [2.05, 4.69) is 19.2 Å². The van der Waals surface area contributed by atoms with Gasteiger partial charge in [-0.05, 0) is 39.2 Å². The normalized spacial score (nSPS) is 16.1. The third-order valence-corrected chi connectivity index (χ3v) is 6.51. The molecule has 180 valence electrons. The van der Waals surface area contributed by atoms with Crippen LogP contribution < -0.4 is 10.7 Å². The minimum Gasteiger partial charge on any atom is -0.461 e. The Morgan fingerprint density at radius 3 is 2.31 bits per heavy atom. The lowest BCUT2D eigenvalue weighted by Gasteiger charge is -2.32. The van der Waals surface area contributed by atoms with Crippen molar-refractivity contribution in [3.8, 4) is 0 Å². The highest BCUT2D eigenvalue weighted by Gasteiger charge is 2.37. The molecule has 1 unspecified atom stereocenters. The van der Waals surface area contributed by atoms with E-state index in [-0.39, 0.29) is 17.0 Å². The second kappa shape index (κ2) is 9.87. The number of benzene rings is 2. The lowest BCUT2D eigenvalue weighted by molar-refractivity contribution is -0.116. The molecule has 2 heterocycles. The molecule has 1 N–H and O–H groups in total. The highest BCUT2D eigenvalue weighted by Crippen LogP contribution is 2.42. The first-order chi connectivity index (χ1) is 16.7. The van der Waals surface area contributed by atoms with Gasteiger partial charge in [0.1, 0.15) is 11.3 Å². The van der Waals surface area contributed by atoms with E-state index in [1.54, 1.807) is 31.2 Å². The van der Waals surface area contributed by atoms with Crippen LogP contribution in [0.2, 0.25) is 0 Å². The second-order valence-corrected chi connectivity index (χ2v) is 9.63.